The fourth-order valence-corrected chi connectivity index (χ4v) is 11.4. The third kappa shape index (κ3) is 9.43. The molecule has 4 amide bonds. The zero-order chi connectivity index (χ0) is 54.4. The Morgan fingerprint density at radius 3 is 1.44 bits per heavy atom. The third-order valence-electron chi connectivity index (χ3n) is 17.6. The van der Waals surface area contributed by atoms with Crippen molar-refractivity contribution in [3.8, 4) is 0 Å². The number of ketones is 2. The standard InChI is InChI=1S/C56H82N2O14/c1-32(58-45(65)37-24-22-35-39-36(44(64)57-43(35)63)23-25-38(40(37)39)46(58)66)72-52(13,14)54(16)50(9,10)68-30-56(26-59,27-60)31-69-51(11,12)55(17,71-29-48(5,6)28-70-54)53(15,49(7,8)67)42(62)34-20-18-33(19-21-34)41(61)47(2,3)4/h22-25,32-34,59-60,67H,18-21,26-31H2,1-17H3,(H,57,63,64). The maximum Gasteiger partial charge on any atom is 0.263 e. The largest absolute Gasteiger partial charge is 0.396 e. The molecule has 0 spiro atoms. The summed E-state index contributed by atoms with van der Waals surface area (Å²) < 4.78 is 34.7. The fraction of sp³-hybridized carbons (Fsp3) is 0.714. The van der Waals surface area contributed by atoms with E-state index in [4.69, 9.17) is 23.7 Å². The third-order valence-corrected chi connectivity index (χ3v) is 17.6. The molecule has 400 valence electrons. The van der Waals surface area contributed by atoms with Crippen molar-refractivity contribution in [2.24, 2.45) is 33.5 Å². The maximum absolute atomic E-state index is 15.4. The van der Waals surface area contributed by atoms with Crippen LogP contribution in [0.2, 0.25) is 0 Å². The number of imide groups is 2. The van der Waals surface area contributed by atoms with Gasteiger partial charge in [-0.2, -0.15) is 0 Å². The Bertz CT molecular complexity index is 2430. The Kier molecular flexibility index (Phi) is 15.1. The first-order valence-electron chi connectivity index (χ1n) is 25.4. The first kappa shape index (κ1) is 57.3. The number of hydrogen-bond donors (Lipinski definition) is 4. The van der Waals surface area contributed by atoms with E-state index in [1.165, 1.54) is 24.3 Å². The van der Waals surface area contributed by atoms with Crippen molar-refractivity contribution in [3.05, 3.63) is 46.5 Å². The van der Waals surface area contributed by atoms with E-state index >= 15 is 4.79 Å². The van der Waals surface area contributed by atoms with Crippen LogP contribution in [0, 0.1) is 33.5 Å². The number of aliphatic hydroxyl groups excluding tert-OH is 2. The SMILES string of the molecule is CC(OC(C)(C)C1(C)OCC(C)(C)COC(C)(C(C)(C(=O)C2CCC(C(=O)C(C)(C)C)CC2)C(C)(C)O)C(C)(C)OCC(CO)(CO)COC1(C)C)N1C(=O)c2ccc3c4c(ccc(c24)C1=O)C(=O)NC3=O. The zero-order valence-electron chi connectivity index (χ0n) is 45.9. The van der Waals surface area contributed by atoms with Crippen LogP contribution in [0.1, 0.15) is 185 Å². The van der Waals surface area contributed by atoms with E-state index < -0.39 is 104 Å². The van der Waals surface area contributed by atoms with Crippen LogP contribution in [0.5, 0.6) is 0 Å². The van der Waals surface area contributed by atoms with Crippen molar-refractivity contribution in [2.45, 2.75) is 183 Å². The molecular formula is C56H82N2O14. The lowest BCUT2D eigenvalue weighted by atomic mass is 9.54. The zero-order valence-corrected chi connectivity index (χ0v) is 45.9. The number of benzene rings is 2. The molecule has 16 heteroatoms. The van der Waals surface area contributed by atoms with E-state index in [9.17, 15) is 39.3 Å². The highest BCUT2D eigenvalue weighted by Gasteiger charge is 2.67. The number of carbonyl (C=O) groups excluding carboxylic acids is 6. The predicted octanol–water partition coefficient (Wildman–Crippen LogP) is 7.38. The molecule has 1 saturated heterocycles. The summed E-state index contributed by atoms with van der Waals surface area (Å²) in [5.41, 5.74) is -12.7. The Morgan fingerprint density at radius 1 is 0.639 bits per heavy atom. The number of ether oxygens (including phenoxy) is 5. The lowest BCUT2D eigenvalue weighted by molar-refractivity contribution is -0.311. The number of carbonyl (C=O) groups is 6. The number of hydrogen-bond acceptors (Lipinski definition) is 14. The van der Waals surface area contributed by atoms with Gasteiger partial charge < -0.3 is 39.0 Å². The van der Waals surface area contributed by atoms with Gasteiger partial charge in [0.2, 0.25) is 0 Å². The molecule has 2 aromatic rings. The van der Waals surface area contributed by atoms with Crippen LogP contribution in [0.3, 0.4) is 0 Å². The summed E-state index contributed by atoms with van der Waals surface area (Å²) in [6, 6.07) is 5.86. The normalized spacial score (nSPS) is 28.4. The molecule has 4 aliphatic rings. The molecule has 0 bridgehead atoms. The summed E-state index contributed by atoms with van der Waals surface area (Å²) in [6.45, 7) is 28.6. The molecule has 4 N–H and O–H groups in total. The van der Waals surface area contributed by atoms with Gasteiger partial charge in [0.1, 0.15) is 29.0 Å². The van der Waals surface area contributed by atoms with Gasteiger partial charge in [0.15, 0.2) is 0 Å². The summed E-state index contributed by atoms with van der Waals surface area (Å²) in [5.74, 6) is -3.35. The quantitative estimate of drug-likeness (QED) is 0.161. The summed E-state index contributed by atoms with van der Waals surface area (Å²) >= 11 is 0. The Morgan fingerprint density at radius 2 is 1.03 bits per heavy atom. The van der Waals surface area contributed by atoms with Crippen LogP contribution < -0.4 is 5.32 Å². The second-order valence-corrected chi connectivity index (χ2v) is 25.5. The highest BCUT2D eigenvalue weighted by molar-refractivity contribution is 6.33. The van der Waals surface area contributed by atoms with Crippen LogP contribution in [-0.4, -0.2) is 135 Å². The molecule has 0 radical (unpaired) electrons. The molecule has 0 aromatic heterocycles. The number of amides is 4. The summed E-state index contributed by atoms with van der Waals surface area (Å²) in [6.07, 6.45) is 0.780. The van der Waals surface area contributed by atoms with Crippen LogP contribution in [0.15, 0.2) is 24.3 Å². The highest BCUT2D eigenvalue weighted by atomic mass is 16.6. The minimum atomic E-state index is -1.69. The van der Waals surface area contributed by atoms with E-state index in [1.807, 2.05) is 34.6 Å². The monoisotopic (exact) mass is 1010 g/mol. The van der Waals surface area contributed by atoms with E-state index in [0.29, 0.717) is 25.7 Å². The van der Waals surface area contributed by atoms with E-state index in [1.54, 1.807) is 83.1 Å². The molecule has 2 fully saturated rings. The van der Waals surface area contributed by atoms with Gasteiger partial charge in [-0.3, -0.25) is 34.1 Å². The molecule has 4 atom stereocenters. The van der Waals surface area contributed by atoms with Gasteiger partial charge in [-0.05, 0) is 133 Å². The van der Waals surface area contributed by atoms with Crippen LogP contribution in [0.25, 0.3) is 10.8 Å². The molecule has 2 aromatic carbocycles. The molecule has 1 aliphatic carbocycles. The molecule has 4 unspecified atom stereocenters. The van der Waals surface area contributed by atoms with Crippen molar-refractivity contribution in [2.75, 3.05) is 39.6 Å². The number of rotatable bonds is 11. The number of aliphatic hydroxyl groups is 3. The van der Waals surface area contributed by atoms with Gasteiger partial charge in [0.25, 0.3) is 23.6 Å². The van der Waals surface area contributed by atoms with Gasteiger partial charge in [-0.15, -0.1) is 0 Å². The molecule has 3 heterocycles. The summed E-state index contributed by atoms with van der Waals surface area (Å²) in [5, 5.41) is 37.3. The van der Waals surface area contributed by atoms with Gasteiger partial charge >= 0.3 is 0 Å². The number of nitrogens with one attached hydrogen (secondary N) is 1. The molecule has 1 saturated carbocycles. The maximum atomic E-state index is 15.4. The number of Topliss-reactive ketones (excluding diaryl/α,β-unsaturated/α-hetero) is 2. The van der Waals surface area contributed by atoms with Crippen molar-refractivity contribution >= 4 is 46.0 Å². The van der Waals surface area contributed by atoms with Crippen molar-refractivity contribution < 1.29 is 67.8 Å². The summed E-state index contributed by atoms with van der Waals surface area (Å²) in [4.78, 5) is 84.3. The van der Waals surface area contributed by atoms with Crippen molar-refractivity contribution in [3.63, 3.8) is 0 Å². The first-order chi connectivity index (χ1) is 32.8. The van der Waals surface area contributed by atoms with Crippen molar-refractivity contribution in [1.29, 1.82) is 0 Å². The Labute approximate surface area is 425 Å². The van der Waals surface area contributed by atoms with E-state index in [2.05, 4.69) is 5.32 Å². The predicted molar refractivity (Wildman–Crippen MR) is 269 cm³/mol. The van der Waals surface area contributed by atoms with Gasteiger partial charge in [-0.1, -0.05) is 34.6 Å². The summed E-state index contributed by atoms with van der Waals surface area (Å²) in [7, 11) is 0. The van der Waals surface area contributed by atoms with E-state index in [-0.39, 0.29) is 76.9 Å². The first-order valence-corrected chi connectivity index (χ1v) is 25.4. The van der Waals surface area contributed by atoms with Crippen LogP contribution in [0.4, 0.5) is 0 Å². The topological polar surface area (TPSA) is 225 Å². The Hall–Kier alpha value is -4.00. The second kappa shape index (κ2) is 19.0. The average molecular weight is 1010 g/mol. The minimum absolute atomic E-state index is 0.00706. The van der Waals surface area contributed by atoms with E-state index in [0.717, 1.165) is 4.90 Å². The van der Waals surface area contributed by atoms with Crippen molar-refractivity contribution in [1.82, 2.24) is 10.2 Å². The molecular weight excluding hydrogens is 925 g/mol. The fourth-order valence-electron chi connectivity index (χ4n) is 11.4. The molecule has 16 nitrogen and oxygen atoms in total. The second-order valence-electron chi connectivity index (χ2n) is 25.5. The van der Waals surface area contributed by atoms with Crippen LogP contribution >= 0.6 is 0 Å². The highest BCUT2D eigenvalue weighted by Crippen LogP contribution is 2.55. The molecule has 72 heavy (non-hydrogen) atoms. The van der Waals surface area contributed by atoms with Gasteiger partial charge in [-0.25, -0.2) is 4.90 Å². The molecule has 3 aliphatic heterocycles. The average Bonchev–Trinajstić information content (AvgIpc) is 3.29. The minimum Gasteiger partial charge on any atom is -0.396 e. The van der Waals surface area contributed by atoms with Gasteiger partial charge in [0.05, 0.1) is 72.9 Å². The van der Waals surface area contributed by atoms with Gasteiger partial charge in [0, 0.05) is 55.7 Å². The number of nitrogens with zero attached hydrogens (tertiary/aromatic N) is 1. The Balaban J connectivity index is 1.36. The molecule has 6 rings (SSSR count). The lowest BCUT2D eigenvalue weighted by Gasteiger charge is -2.59. The van der Waals surface area contributed by atoms with Crippen LogP contribution in [-0.2, 0) is 33.3 Å². The smallest absolute Gasteiger partial charge is 0.263 e. The lowest BCUT2D eigenvalue weighted by Crippen LogP contribution is -2.72.